The molecule has 0 aliphatic heterocycles. The van der Waals surface area contributed by atoms with E-state index in [9.17, 15) is 0 Å². The molecule has 0 spiro atoms. The summed E-state index contributed by atoms with van der Waals surface area (Å²) in [6.07, 6.45) is 0. The average Bonchev–Trinajstić information content (AvgIpc) is 2.70. The molecule has 0 atom stereocenters. The van der Waals surface area contributed by atoms with Gasteiger partial charge in [-0.1, -0.05) is 38.1 Å². The molecule has 0 radical (unpaired) electrons. The summed E-state index contributed by atoms with van der Waals surface area (Å²) >= 11 is 7.62. The van der Waals surface area contributed by atoms with Crippen LogP contribution in [0.3, 0.4) is 0 Å². The minimum Gasteiger partial charge on any atom is -0.241 e. The van der Waals surface area contributed by atoms with Gasteiger partial charge in [-0.25, -0.2) is 4.98 Å². The molecule has 0 saturated heterocycles. The topological polar surface area (TPSA) is 12.9 Å². The molecule has 0 amide bonds. The summed E-state index contributed by atoms with van der Waals surface area (Å²) in [7, 11) is 0. The molecule has 0 unspecified atom stereocenters. The normalized spacial score (nSPS) is 11.1. The molecule has 2 rings (SSSR count). The van der Waals surface area contributed by atoms with Crippen molar-refractivity contribution >= 4 is 22.9 Å². The molecule has 1 nitrogen and oxygen atoms in total. The van der Waals surface area contributed by atoms with Gasteiger partial charge >= 0.3 is 0 Å². The van der Waals surface area contributed by atoms with Crippen molar-refractivity contribution in [2.45, 2.75) is 32.6 Å². The Balaban J connectivity index is 2.39. The third kappa shape index (κ3) is 2.70. The second kappa shape index (κ2) is 5.19. The number of halogens is 1. The van der Waals surface area contributed by atoms with Crippen LogP contribution in [0.1, 0.15) is 35.2 Å². The molecule has 1 aromatic heterocycles. The quantitative estimate of drug-likeness (QED) is 0.713. The van der Waals surface area contributed by atoms with Crippen molar-refractivity contribution in [3.8, 4) is 11.3 Å². The fraction of sp³-hybridized carbons (Fsp3) is 0.357. The van der Waals surface area contributed by atoms with E-state index >= 15 is 0 Å². The molecule has 0 saturated carbocycles. The van der Waals surface area contributed by atoms with Gasteiger partial charge in [0.1, 0.15) is 0 Å². The first-order valence-corrected chi connectivity index (χ1v) is 7.09. The van der Waals surface area contributed by atoms with Crippen LogP contribution >= 0.6 is 22.9 Å². The van der Waals surface area contributed by atoms with Crippen LogP contribution in [0.5, 0.6) is 0 Å². The number of rotatable bonds is 3. The van der Waals surface area contributed by atoms with Crippen molar-refractivity contribution in [1.29, 1.82) is 0 Å². The molecule has 0 bridgehead atoms. The molecule has 2 aromatic rings. The maximum absolute atomic E-state index is 5.95. The molecular formula is C14H16ClNS. The van der Waals surface area contributed by atoms with Crippen LogP contribution in [0, 0.1) is 6.92 Å². The third-order valence-electron chi connectivity index (χ3n) is 2.78. The van der Waals surface area contributed by atoms with Gasteiger partial charge in [0.25, 0.3) is 0 Å². The van der Waals surface area contributed by atoms with Crippen molar-refractivity contribution in [3.63, 3.8) is 0 Å². The fourth-order valence-electron chi connectivity index (χ4n) is 1.81. The Morgan fingerprint density at radius 2 is 1.88 bits per heavy atom. The first-order valence-electron chi connectivity index (χ1n) is 5.74. The van der Waals surface area contributed by atoms with Gasteiger partial charge in [-0.15, -0.1) is 22.9 Å². The lowest BCUT2D eigenvalue weighted by molar-refractivity contribution is 0.867. The second-order valence-electron chi connectivity index (χ2n) is 4.42. The van der Waals surface area contributed by atoms with E-state index in [4.69, 9.17) is 11.6 Å². The molecule has 3 heteroatoms. The van der Waals surface area contributed by atoms with E-state index in [0.717, 1.165) is 21.1 Å². The van der Waals surface area contributed by atoms with Crippen LogP contribution in [0.25, 0.3) is 11.3 Å². The molecule has 0 fully saturated rings. The predicted octanol–water partition coefficient (Wildman–Crippen LogP) is 4.98. The average molecular weight is 266 g/mol. The minimum atomic E-state index is 0.534. The zero-order valence-electron chi connectivity index (χ0n) is 10.3. The first-order chi connectivity index (χ1) is 8.11. The highest BCUT2D eigenvalue weighted by Crippen LogP contribution is 2.30. The zero-order chi connectivity index (χ0) is 12.4. The Labute approximate surface area is 111 Å². The van der Waals surface area contributed by atoms with Crippen molar-refractivity contribution in [3.05, 3.63) is 39.7 Å². The van der Waals surface area contributed by atoms with Gasteiger partial charge in [0.2, 0.25) is 0 Å². The summed E-state index contributed by atoms with van der Waals surface area (Å²) in [6, 6.07) is 8.62. The summed E-state index contributed by atoms with van der Waals surface area (Å²) in [6.45, 7) is 6.42. The van der Waals surface area contributed by atoms with Gasteiger partial charge < -0.3 is 0 Å². The van der Waals surface area contributed by atoms with Gasteiger partial charge in [-0.05, 0) is 18.4 Å². The number of thiazole rings is 1. The number of aryl methyl sites for hydroxylation is 1. The number of benzene rings is 1. The van der Waals surface area contributed by atoms with Crippen LogP contribution in [-0.4, -0.2) is 4.98 Å². The maximum atomic E-state index is 5.95. The van der Waals surface area contributed by atoms with Gasteiger partial charge in [0.05, 0.1) is 16.6 Å². The van der Waals surface area contributed by atoms with Gasteiger partial charge in [-0.2, -0.15) is 0 Å². The van der Waals surface area contributed by atoms with E-state index in [1.807, 2.05) is 6.92 Å². The highest BCUT2D eigenvalue weighted by atomic mass is 35.5. The van der Waals surface area contributed by atoms with Crippen LogP contribution in [0.15, 0.2) is 24.3 Å². The fourth-order valence-corrected chi connectivity index (χ4v) is 2.91. The number of hydrogen-bond acceptors (Lipinski definition) is 2. The van der Waals surface area contributed by atoms with Gasteiger partial charge in [-0.3, -0.25) is 0 Å². The largest absolute Gasteiger partial charge is 0.241 e. The Kier molecular flexibility index (Phi) is 3.85. The first kappa shape index (κ1) is 12.6. The molecule has 17 heavy (non-hydrogen) atoms. The number of alkyl halides is 1. The van der Waals surface area contributed by atoms with Gasteiger partial charge in [0.15, 0.2) is 0 Å². The minimum absolute atomic E-state index is 0.534. The summed E-state index contributed by atoms with van der Waals surface area (Å²) in [5.74, 6) is 1.10. The maximum Gasteiger partial charge on any atom is 0.0904 e. The zero-order valence-corrected chi connectivity index (χ0v) is 11.9. The Morgan fingerprint density at radius 3 is 2.41 bits per heavy atom. The molecule has 1 aromatic carbocycles. The summed E-state index contributed by atoms with van der Waals surface area (Å²) in [5.41, 5.74) is 3.56. The van der Waals surface area contributed by atoms with Crippen LogP contribution < -0.4 is 0 Å². The number of hydrogen-bond donors (Lipinski definition) is 0. The Morgan fingerprint density at radius 1 is 1.24 bits per heavy atom. The van der Waals surface area contributed by atoms with Crippen molar-refractivity contribution in [2.24, 2.45) is 0 Å². The van der Waals surface area contributed by atoms with E-state index in [1.54, 1.807) is 11.3 Å². The van der Waals surface area contributed by atoms with E-state index in [2.05, 4.69) is 43.1 Å². The predicted molar refractivity (Wildman–Crippen MR) is 75.9 cm³/mol. The number of nitrogens with zero attached hydrogens (tertiary/aromatic N) is 1. The molecule has 0 N–H and O–H groups in total. The lowest BCUT2D eigenvalue weighted by Crippen LogP contribution is -1.88. The van der Waals surface area contributed by atoms with E-state index < -0.39 is 0 Å². The molecule has 90 valence electrons. The van der Waals surface area contributed by atoms with Crippen LogP contribution in [0.4, 0.5) is 0 Å². The molecular weight excluding hydrogens is 250 g/mol. The standard InChI is InChI=1S/C14H16ClNS/c1-9(2)11-4-6-12(7-5-11)14-13(8-15)17-10(3)16-14/h4-7,9H,8H2,1-3H3. The van der Waals surface area contributed by atoms with E-state index in [0.29, 0.717) is 11.8 Å². The van der Waals surface area contributed by atoms with Crippen molar-refractivity contribution in [2.75, 3.05) is 0 Å². The third-order valence-corrected chi connectivity index (χ3v) is 4.17. The van der Waals surface area contributed by atoms with E-state index in [-0.39, 0.29) is 0 Å². The molecule has 1 heterocycles. The summed E-state index contributed by atoms with van der Waals surface area (Å²) < 4.78 is 0. The monoisotopic (exact) mass is 265 g/mol. The molecule has 0 aliphatic carbocycles. The van der Waals surface area contributed by atoms with Crippen LogP contribution in [-0.2, 0) is 5.88 Å². The highest BCUT2D eigenvalue weighted by Gasteiger charge is 2.10. The Bertz CT molecular complexity index is 499. The lowest BCUT2D eigenvalue weighted by Gasteiger charge is -2.06. The summed E-state index contributed by atoms with van der Waals surface area (Å²) in [4.78, 5) is 5.71. The summed E-state index contributed by atoms with van der Waals surface area (Å²) in [5, 5.41) is 1.07. The van der Waals surface area contributed by atoms with Crippen LogP contribution in [0.2, 0.25) is 0 Å². The smallest absolute Gasteiger partial charge is 0.0904 e. The Hall–Kier alpha value is -0.860. The number of aromatic nitrogens is 1. The van der Waals surface area contributed by atoms with Crippen molar-refractivity contribution < 1.29 is 0 Å². The lowest BCUT2D eigenvalue weighted by atomic mass is 10.0. The second-order valence-corrected chi connectivity index (χ2v) is 5.97. The molecule has 0 aliphatic rings. The van der Waals surface area contributed by atoms with Gasteiger partial charge in [0, 0.05) is 10.4 Å². The SMILES string of the molecule is Cc1nc(-c2ccc(C(C)C)cc2)c(CCl)s1. The van der Waals surface area contributed by atoms with Crippen molar-refractivity contribution in [1.82, 2.24) is 4.98 Å². The highest BCUT2D eigenvalue weighted by molar-refractivity contribution is 7.12. The van der Waals surface area contributed by atoms with E-state index in [1.165, 1.54) is 5.56 Å².